The number of halogens is 1. The lowest BCUT2D eigenvalue weighted by Crippen LogP contribution is -2.02. The zero-order chi connectivity index (χ0) is 30.5. The summed E-state index contributed by atoms with van der Waals surface area (Å²) in [6.45, 7) is 24.4. The van der Waals surface area contributed by atoms with Crippen LogP contribution in [0, 0.1) is 19.8 Å². The number of pyridine rings is 1. The molecule has 0 saturated heterocycles. The van der Waals surface area contributed by atoms with E-state index < -0.39 is 0 Å². The van der Waals surface area contributed by atoms with Gasteiger partial charge in [-0.2, -0.15) is 0 Å². The molecule has 0 amide bonds. The standard InChI is InChI=1S/C14H21Cl.C9H11NO2.C5H10.2C2H6.C2H2/c1-4-6-12(7-5-2)13-8-11(3)9-14(15)10-13;1-3-8-6-7(4-5-10-8)9(11)12-2;1-4-5(2)3;3*1-2/h8-10,12H,4-7H2,1-3H3;4-6H,3H2,1-2H3;2,4H2,1,3H3;2*1-2H3;1-2H. The predicted octanol–water partition coefficient (Wildman–Crippen LogP) is 11.0. The number of aromatic nitrogens is 1. The summed E-state index contributed by atoms with van der Waals surface area (Å²) in [7, 11) is 1.37. The Kier molecular flexibility index (Phi) is 34.3. The summed E-state index contributed by atoms with van der Waals surface area (Å²) in [5.74, 6) is 0.379. The molecule has 4 heteroatoms. The molecule has 38 heavy (non-hydrogen) atoms. The molecule has 216 valence electrons. The first-order valence-electron chi connectivity index (χ1n) is 14.0. The van der Waals surface area contributed by atoms with Gasteiger partial charge in [-0.25, -0.2) is 4.79 Å². The molecule has 0 aliphatic rings. The summed E-state index contributed by atoms with van der Waals surface area (Å²) in [4.78, 5) is 15.1. The zero-order valence-electron chi connectivity index (χ0n) is 26.3. The molecular formula is C34H56ClNO2. The number of nitrogens with zero attached hydrogens (tertiary/aromatic N) is 1. The lowest BCUT2D eigenvalue weighted by molar-refractivity contribution is 0.0600. The van der Waals surface area contributed by atoms with E-state index in [0.29, 0.717) is 11.5 Å². The second-order valence-corrected chi connectivity index (χ2v) is 8.46. The molecule has 1 heterocycles. The fourth-order valence-corrected chi connectivity index (χ4v) is 3.39. The van der Waals surface area contributed by atoms with Gasteiger partial charge < -0.3 is 4.74 Å². The Morgan fingerprint density at radius 1 is 1.00 bits per heavy atom. The third-order valence-corrected chi connectivity index (χ3v) is 5.23. The Bertz CT molecular complexity index is 832. The average Bonchev–Trinajstić information content (AvgIpc) is 2.96. The van der Waals surface area contributed by atoms with Gasteiger partial charge in [-0.3, -0.25) is 4.98 Å². The lowest BCUT2D eigenvalue weighted by atomic mass is 9.90. The van der Waals surface area contributed by atoms with Crippen LogP contribution >= 0.6 is 11.6 Å². The molecule has 3 nitrogen and oxygen atoms in total. The van der Waals surface area contributed by atoms with E-state index in [1.807, 2.05) is 47.6 Å². The molecule has 2 rings (SSSR count). The summed E-state index contributed by atoms with van der Waals surface area (Å²) in [6.07, 6.45) is 16.6. The van der Waals surface area contributed by atoms with E-state index in [1.165, 1.54) is 49.5 Å². The predicted molar refractivity (Wildman–Crippen MR) is 171 cm³/mol. The molecule has 0 saturated carbocycles. The molecule has 2 aromatic rings. The van der Waals surface area contributed by atoms with Gasteiger partial charge in [-0.1, -0.05) is 91.5 Å². The van der Waals surface area contributed by atoms with Crippen molar-refractivity contribution in [3.05, 3.63) is 76.1 Å². The average molecular weight is 546 g/mol. The number of allylic oxidation sites excluding steroid dienone is 1. The second-order valence-electron chi connectivity index (χ2n) is 8.03. The first kappa shape index (κ1) is 42.5. The smallest absolute Gasteiger partial charge is 0.337 e. The molecule has 0 atom stereocenters. The first-order chi connectivity index (χ1) is 18.2. The van der Waals surface area contributed by atoms with E-state index in [9.17, 15) is 4.79 Å². The van der Waals surface area contributed by atoms with Gasteiger partial charge in [0.15, 0.2) is 0 Å². The van der Waals surface area contributed by atoms with Crippen LogP contribution in [-0.2, 0) is 11.2 Å². The van der Waals surface area contributed by atoms with Crippen molar-refractivity contribution in [3.63, 3.8) is 0 Å². The summed E-state index contributed by atoms with van der Waals surface area (Å²) in [5, 5.41) is 0.877. The minimum absolute atomic E-state index is 0.313. The normalized spacial score (nSPS) is 8.71. The number of rotatable bonds is 8. The maximum Gasteiger partial charge on any atom is 0.337 e. The Morgan fingerprint density at radius 3 is 1.87 bits per heavy atom. The number of carbonyl (C=O) groups is 1. The van der Waals surface area contributed by atoms with Crippen LogP contribution in [0.2, 0.25) is 5.02 Å². The molecule has 0 N–H and O–H groups in total. The van der Waals surface area contributed by atoms with Crippen LogP contribution in [0.3, 0.4) is 0 Å². The van der Waals surface area contributed by atoms with Crippen molar-refractivity contribution in [2.75, 3.05) is 7.11 Å². The van der Waals surface area contributed by atoms with Gasteiger partial charge in [-0.05, 0) is 80.8 Å². The number of benzene rings is 1. The highest BCUT2D eigenvalue weighted by Gasteiger charge is 2.10. The van der Waals surface area contributed by atoms with Crippen LogP contribution in [0.5, 0.6) is 0 Å². The summed E-state index contributed by atoms with van der Waals surface area (Å²) in [6, 6.07) is 9.82. The molecule has 1 aromatic carbocycles. The third-order valence-electron chi connectivity index (χ3n) is 5.01. The van der Waals surface area contributed by atoms with Crippen molar-refractivity contribution in [3.8, 4) is 12.8 Å². The maximum absolute atomic E-state index is 11.0. The number of aryl methyl sites for hydroxylation is 2. The van der Waals surface area contributed by atoms with Crippen molar-refractivity contribution >= 4 is 17.6 Å². The number of carbonyl (C=O) groups excluding carboxylic acids is 1. The minimum atomic E-state index is -0.313. The van der Waals surface area contributed by atoms with E-state index in [1.54, 1.807) is 18.3 Å². The van der Waals surface area contributed by atoms with Gasteiger partial charge in [0.2, 0.25) is 0 Å². The first-order valence-corrected chi connectivity index (χ1v) is 14.4. The van der Waals surface area contributed by atoms with Crippen LogP contribution in [0.25, 0.3) is 0 Å². The van der Waals surface area contributed by atoms with Crippen molar-refractivity contribution in [1.29, 1.82) is 0 Å². The Labute approximate surface area is 241 Å². The minimum Gasteiger partial charge on any atom is -0.465 e. The molecule has 0 radical (unpaired) electrons. The number of methoxy groups -OCH3 is 1. The molecule has 0 aliphatic heterocycles. The molecule has 0 spiro atoms. The molecule has 0 fully saturated rings. The van der Waals surface area contributed by atoms with Gasteiger partial charge in [0.1, 0.15) is 0 Å². The van der Waals surface area contributed by atoms with Crippen molar-refractivity contribution in [2.24, 2.45) is 0 Å². The van der Waals surface area contributed by atoms with Crippen LogP contribution < -0.4 is 0 Å². The highest BCUT2D eigenvalue weighted by atomic mass is 35.5. The summed E-state index contributed by atoms with van der Waals surface area (Å²) in [5.41, 5.74) is 5.41. The van der Waals surface area contributed by atoms with Crippen molar-refractivity contribution in [2.45, 2.75) is 114 Å². The van der Waals surface area contributed by atoms with E-state index in [-0.39, 0.29) is 5.97 Å². The van der Waals surface area contributed by atoms with Crippen LogP contribution in [0.15, 0.2) is 48.7 Å². The van der Waals surface area contributed by atoms with Crippen LogP contribution in [-0.4, -0.2) is 18.1 Å². The topological polar surface area (TPSA) is 39.2 Å². The van der Waals surface area contributed by atoms with Gasteiger partial charge >= 0.3 is 5.97 Å². The Balaban J connectivity index is -0.000000224. The zero-order valence-corrected chi connectivity index (χ0v) is 27.0. The number of ether oxygens (including phenoxy) is 1. The van der Waals surface area contributed by atoms with E-state index in [0.717, 1.165) is 23.6 Å². The highest BCUT2D eigenvalue weighted by Crippen LogP contribution is 2.29. The molecule has 1 aromatic heterocycles. The van der Waals surface area contributed by atoms with E-state index in [4.69, 9.17) is 11.6 Å². The largest absolute Gasteiger partial charge is 0.465 e. The van der Waals surface area contributed by atoms with Gasteiger partial charge in [0, 0.05) is 16.9 Å². The Hall–Kier alpha value is -2.57. The summed E-state index contributed by atoms with van der Waals surface area (Å²) < 4.78 is 4.57. The third kappa shape index (κ3) is 22.6. The fourth-order valence-electron chi connectivity index (χ4n) is 3.09. The van der Waals surface area contributed by atoms with Gasteiger partial charge in [-0.15, -0.1) is 19.4 Å². The molecular weight excluding hydrogens is 490 g/mol. The number of hydrogen-bond donors (Lipinski definition) is 0. The molecule has 0 unspecified atom stereocenters. The monoisotopic (exact) mass is 545 g/mol. The number of terminal acetylenes is 1. The lowest BCUT2D eigenvalue weighted by Gasteiger charge is -2.16. The second kappa shape index (κ2) is 30.7. The summed E-state index contributed by atoms with van der Waals surface area (Å²) >= 11 is 6.09. The molecule has 0 bridgehead atoms. The number of esters is 1. The van der Waals surface area contributed by atoms with Crippen LogP contribution in [0.1, 0.15) is 128 Å². The fraction of sp³-hybridized carbons (Fsp3) is 0.529. The number of hydrogen-bond acceptors (Lipinski definition) is 3. The Morgan fingerprint density at radius 2 is 1.50 bits per heavy atom. The molecule has 0 aliphatic carbocycles. The van der Waals surface area contributed by atoms with E-state index >= 15 is 0 Å². The SMILES string of the molecule is C#C.C=C(C)CC.CC.CC.CCCC(CCC)c1cc(C)cc(Cl)c1.CCc1cc(C(=O)OC)ccn1. The highest BCUT2D eigenvalue weighted by molar-refractivity contribution is 6.30. The van der Waals surface area contributed by atoms with E-state index in [2.05, 4.69) is 69.0 Å². The maximum atomic E-state index is 11.0. The van der Waals surface area contributed by atoms with Crippen LogP contribution in [0.4, 0.5) is 0 Å². The van der Waals surface area contributed by atoms with Crippen molar-refractivity contribution in [1.82, 2.24) is 4.98 Å². The van der Waals surface area contributed by atoms with Gasteiger partial charge in [0.25, 0.3) is 0 Å². The van der Waals surface area contributed by atoms with Crippen molar-refractivity contribution < 1.29 is 9.53 Å². The quantitative estimate of drug-likeness (QED) is 0.188. The van der Waals surface area contributed by atoms with Gasteiger partial charge in [0.05, 0.1) is 12.7 Å².